The highest BCUT2D eigenvalue weighted by Crippen LogP contribution is 2.44. The zero-order chi connectivity index (χ0) is 19.7. The van der Waals surface area contributed by atoms with Gasteiger partial charge in [0.25, 0.3) is 0 Å². The number of anilines is 2. The lowest BCUT2D eigenvalue weighted by Crippen LogP contribution is -2.17. The Bertz CT molecular complexity index is 1040. The van der Waals surface area contributed by atoms with E-state index in [0.717, 1.165) is 38.2 Å². The lowest BCUT2D eigenvalue weighted by Gasteiger charge is -2.21. The van der Waals surface area contributed by atoms with Gasteiger partial charge in [0, 0.05) is 42.5 Å². The van der Waals surface area contributed by atoms with Crippen molar-refractivity contribution in [3.05, 3.63) is 31.1 Å². The van der Waals surface area contributed by atoms with Crippen molar-refractivity contribution in [2.45, 2.75) is 16.6 Å². The average Bonchev–Trinajstić information content (AvgIpc) is 3.27. The van der Waals surface area contributed by atoms with Gasteiger partial charge < -0.3 is 24.7 Å². The molecule has 2 N–H and O–H groups in total. The quantitative estimate of drug-likeness (QED) is 0.422. The second-order valence-corrected chi connectivity index (χ2v) is 7.91. The molecule has 0 bridgehead atoms. The minimum absolute atomic E-state index is 0.224. The molecule has 0 atom stereocenters. The van der Waals surface area contributed by atoms with Crippen molar-refractivity contribution >= 4 is 50.4 Å². The highest BCUT2D eigenvalue weighted by molar-refractivity contribution is 9.09. The maximum Gasteiger partial charge on any atom is 0.231 e. The van der Waals surface area contributed by atoms with Gasteiger partial charge in [-0.25, -0.2) is 15.0 Å². The molecule has 10 heteroatoms. The third-order valence-electron chi connectivity index (χ3n) is 4.30. The maximum absolute atomic E-state index is 6.02. The number of nitrogens with two attached hydrogens (primary N) is 1. The molecule has 1 aliphatic heterocycles. The van der Waals surface area contributed by atoms with Crippen LogP contribution < -0.4 is 20.1 Å². The predicted octanol–water partition coefficient (Wildman–Crippen LogP) is 3.31. The first-order valence-corrected chi connectivity index (χ1v) is 10.5. The highest BCUT2D eigenvalue weighted by Gasteiger charge is 2.22. The van der Waals surface area contributed by atoms with Crippen LogP contribution in [0.25, 0.3) is 11.2 Å². The molecule has 0 saturated carbocycles. The van der Waals surface area contributed by atoms with Gasteiger partial charge in [0.15, 0.2) is 33.6 Å². The van der Waals surface area contributed by atoms with Crippen molar-refractivity contribution < 1.29 is 9.47 Å². The van der Waals surface area contributed by atoms with E-state index < -0.39 is 0 Å². The Morgan fingerprint density at radius 2 is 2.14 bits per heavy atom. The van der Waals surface area contributed by atoms with Crippen LogP contribution in [0.5, 0.6) is 11.5 Å². The van der Waals surface area contributed by atoms with Gasteiger partial charge >= 0.3 is 0 Å². The van der Waals surface area contributed by atoms with Crippen LogP contribution in [-0.4, -0.2) is 45.2 Å². The van der Waals surface area contributed by atoms with Crippen molar-refractivity contribution in [1.82, 2.24) is 19.5 Å². The molecule has 0 aliphatic carbocycles. The lowest BCUT2D eigenvalue weighted by atomic mass is 10.2. The SMILES string of the molecule is C=CCN(C)c1cc2c(cc1Sc1nc3c(N)ncnc3n1CCBr)OCO2. The molecule has 146 valence electrons. The summed E-state index contributed by atoms with van der Waals surface area (Å²) in [7, 11) is 2.01. The standard InChI is InChI=1S/C18H19BrN6O2S/c1-3-5-24(2)11-7-12-13(27-10-26-12)8-14(11)28-18-23-15-16(20)21-9-22-17(15)25(18)6-4-19/h3,7-9H,1,4-6,10H2,2H3,(H2,20,21,22). The summed E-state index contributed by atoms with van der Waals surface area (Å²) < 4.78 is 13.2. The number of benzene rings is 1. The number of nitrogen functional groups attached to an aromatic ring is 1. The van der Waals surface area contributed by atoms with Crippen LogP contribution in [0.1, 0.15) is 0 Å². The minimum atomic E-state index is 0.224. The number of ether oxygens (including phenoxy) is 2. The van der Waals surface area contributed by atoms with Crippen molar-refractivity contribution in [3.8, 4) is 11.5 Å². The smallest absolute Gasteiger partial charge is 0.231 e. The number of aromatic nitrogens is 4. The van der Waals surface area contributed by atoms with Crippen molar-refractivity contribution in [2.75, 3.05) is 36.3 Å². The fourth-order valence-electron chi connectivity index (χ4n) is 2.98. The van der Waals surface area contributed by atoms with E-state index in [1.165, 1.54) is 18.1 Å². The zero-order valence-electron chi connectivity index (χ0n) is 15.3. The molecule has 28 heavy (non-hydrogen) atoms. The van der Waals surface area contributed by atoms with Crippen LogP contribution in [0.4, 0.5) is 11.5 Å². The Morgan fingerprint density at radius 1 is 1.36 bits per heavy atom. The first kappa shape index (κ1) is 18.9. The molecule has 3 aromatic rings. The number of hydrogen-bond donors (Lipinski definition) is 1. The Kier molecular flexibility index (Phi) is 5.31. The Morgan fingerprint density at radius 3 is 2.89 bits per heavy atom. The highest BCUT2D eigenvalue weighted by atomic mass is 79.9. The number of aryl methyl sites for hydroxylation is 1. The number of likely N-dealkylation sites (N-methyl/N-ethyl adjacent to an activating group) is 1. The summed E-state index contributed by atoms with van der Waals surface area (Å²) >= 11 is 5.04. The predicted molar refractivity (Wildman–Crippen MR) is 114 cm³/mol. The third-order valence-corrected chi connectivity index (χ3v) is 5.70. The summed E-state index contributed by atoms with van der Waals surface area (Å²) in [4.78, 5) is 16.2. The van der Waals surface area contributed by atoms with Gasteiger partial charge in [0.05, 0.1) is 5.69 Å². The Labute approximate surface area is 174 Å². The number of imidazole rings is 1. The van der Waals surface area contributed by atoms with Gasteiger partial charge in [-0.2, -0.15) is 0 Å². The first-order chi connectivity index (χ1) is 13.6. The van der Waals surface area contributed by atoms with E-state index in [1.54, 1.807) is 0 Å². The van der Waals surface area contributed by atoms with Crippen LogP contribution >= 0.6 is 27.7 Å². The fourth-order valence-corrected chi connectivity index (χ4v) is 4.44. The van der Waals surface area contributed by atoms with Crippen molar-refractivity contribution in [3.63, 3.8) is 0 Å². The third kappa shape index (κ3) is 3.37. The van der Waals surface area contributed by atoms with E-state index in [4.69, 9.17) is 20.2 Å². The molecule has 1 aromatic carbocycles. The van der Waals surface area contributed by atoms with E-state index in [0.29, 0.717) is 24.4 Å². The van der Waals surface area contributed by atoms with E-state index in [1.807, 2.05) is 29.8 Å². The average molecular weight is 463 g/mol. The maximum atomic E-state index is 6.02. The first-order valence-electron chi connectivity index (χ1n) is 8.58. The minimum Gasteiger partial charge on any atom is -0.454 e. The number of fused-ring (bicyclic) bond motifs is 2. The number of halogens is 1. The van der Waals surface area contributed by atoms with Crippen LogP contribution in [0.3, 0.4) is 0 Å². The van der Waals surface area contributed by atoms with E-state index in [9.17, 15) is 0 Å². The van der Waals surface area contributed by atoms with Gasteiger partial charge in [-0.05, 0) is 11.8 Å². The monoisotopic (exact) mass is 462 g/mol. The van der Waals surface area contributed by atoms with Crippen LogP contribution in [-0.2, 0) is 6.54 Å². The molecule has 3 heterocycles. The fraction of sp³-hybridized carbons (Fsp3) is 0.278. The molecule has 0 radical (unpaired) electrons. The van der Waals surface area contributed by atoms with Crippen molar-refractivity contribution in [1.29, 1.82) is 0 Å². The van der Waals surface area contributed by atoms with Gasteiger partial charge in [-0.1, -0.05) is 22.0 Å². The lowest BCUT2D eigenvalue weighted by molar-refractivity contribution is 0.174. The van der Waals surface area contributed by atoms with Gasteiger partial charge in [0.2, 0.25) is 6.79 Å². The van der Waals surface area contributed by atoms with Crippen LogP contribution in [0, 0.1) is 0 Å². The number of hydrogen-bond acceptors (Lipinski definition) is 8. The van der Waals surface area contributed by atoms with Gasteiger partial charge in [-0.3, -0.25) is 0 Å². The molecule has 0 saturated heterocycles. The summed E-state index contributed by atoms with van der Waals surface area (Å²) in [5, 5.41) is 1.55. The van der Waals surface area contributed by atoms with E-state index in [2.05, 4.69) is 37.4 Å². The Balaban J connectivity index is 1.81. The second kappa shape index (κ2) is 7.88. The molecule has 1 aliphatic rings. The normalized spacial score (nSPS) is 12.5. The Hall–Kier alpha value is -2.46. The van der Waals surface area contributed by atoms with E-state index in [-0.39, 0.29) is 6.79 Å². The molecule has 4 rings (SSSR count). The summed E-state index contributed by atoms with van der Waals surface area (Å²) in [6.45, 7) is 5.46. The molecule has 0 spiro atoms. The summed E-state index contributed by atoms with van der Waals surface area (Å²) in [6.07, 6.45) is 3.32. The second-order valence-electron chi connectivity index (χ2n) is 6.11. The van der Waals surface area contributed by atoms with E-state index >= 15 is 0 Å². The molecule has 0 fully saturated rings. The van der Waals surface area contributed by atoms with Crippen molar-refractivity contribution in [2.24, 2.45) is 0 Å². The molecular weight excluding hydrogens is 444 g/mol. The summed E-state index contributed by atoms with van der Waals surface area (Å²) in [6, 6.07) is 3.97. The summed E-state index contributed by atoms with van der Waals surface area (Å²) in [5.41, 5.74) is 8.34. The molecule has 0 amide bonds. The molecule has 0 unspecified atom stereocenters. The number of alkyl halides is 1. The van der Waals surface area contributed by atoms with Gasteiger partial charge in [-0.15, -0.1) is 6.58 Å². The molecular formula is C18H19BrN6O2S. The topological polar surface area (TPSA) is 91.3 Å². The largest absolute Gasteiger partial charge is 0.454 e. The summed E-state index contributed by atoms with van der Waals surface area (Å²) in [5.74, 6) is 1.83. The molecule has 2 aromatic heterocycles. The molecule has 8 nitrogen and oxygen atoms in total. The number of nitrogens with zero attached hydrogens (tertiary/aromatic N) is 5. The van der Waals surface area contributed by atoms with Crippen LogP contribution in [0.2, 0.25) is 0 Å². The van der Waals surface area contributed by atoms with Crippen LogP contribution in [0.15, 0.2) is 41.2 Å². The zero-order valence-corrected chi connectivity index (χ0v) is 17.7. The van der Waals surface area contributed by atoms with Gasteiger partial charge in [0.1, 0.15) is 6.33 Å². The number of rotatable bonds is 7.